The van der Waals surface area contributed by atoms with Gasteiger partial charge in [-0.1, -0.05) is 17.7 Å². The van der Waals surface area contributed by atoms with Gasteiger partial charge in [0.1, 0.15) is 5.75 Å². The summed E-state index contributed by atoms with van der Waals surface area (Å²) in [5, 5.41) is 8.00. The number of rotatable bonds is 7. The lowest BCUT2D eigenvalue weighted by Crippen LogP contribution is -2.30. The lowest BCUT2D eigenvalue weighted by molar-refractivity contribution is -0.122. The molecule has 0 aliphatic carbocycles. The maximum Gasteiger partial charge on any atom is 0.266 e. The van der Waals surface area contributed by atoms with Gasteiger partial charge in [-0.05, 0) is 38.1 Å². The predicted molar refractivity (Wildman–Crippen MR) is 113 cm³/mol. The second-order valence-corrected chi connectivity index (χ2v) is 8.30. The summed E-state index contributed by atoms with van der Waals surface area (Å²) in [5.74, 6) is 0.341. The number of aryl methyl sites for hydroxylation is 1. The van der Waals surface area contributed by atoms with Crippen LogP contribution < -0.4 is 15.4 Å². The van der Waals surface area contributed by atoms with Gasteiger partial charge in [-0.25, -0.2) is 4.98 Å². The van der Waals surface area contributed by atoms with Gasteiger partial charge in [0.05, 0.1) is 17.1 Å². The summed E-state index contributed by atoms with van der Waals surface area (Å²) in [7, 11) is 0. The smallest absolute Gasteiger partial charge is 0.266 e. The fraction of sp³-hybridized carbons (Fsp3) is 0.250. The maximum atomic E-state index is 12.4. The van der Waals surface area contributed by atoms with Crippen molar-refractivity contribution in [2.75, 3.05) is 5.32 Å². The Hall–Kier alpha value is -2.71. The number of anilines is 1. The molecular weight excluding hydrogens is 394 g/mol. The summed E-state index contributed by atoms with van der Waals surface area (Å²) >= 11 is 2.93. The van der Waals surface area contributed by atoms with Crippen molar-refractivity contribution in [1.29, 1.82) is 0 Å². The topological polar surface area (TPSA) is 80.3 Å². The first-order valence-corrected chi connectivity index (χ1v) is 10.4. The molecule has 2 heterocycles. The number of hydrogen-bond donors (Lipinski definition) is 2. The molecule has 1 atom stereocenters. The van der Waals surface area contributed by atoms with Crippen LogP contribution in [0.4, 0.5) is 5.13 Å². The van der Waals surface area contributed by atoms with E-state index in [4.69, 9.17) is 4.74 Å². The zero-order valence-corrected chi connectivity index (χ0v) is 17.4. The van der Waals surface area contributed by atoms with E-state index in [0.29, 0.717) is 17.4 Å². The summed E-state index contributed by atoms with van der Waals surface area (Å²) in [6.07, 6.45) is -0.638. The van der Waals surface area contributed by atoms with E-state index in [1.54, 1.807) is 18.3 Å². The number of carbonyl (C=O) groups excluding carboxylic acids is 2. The highest BCUT2D eigenvalue weighted by Crippen LogP contribution is 2.31. The lowest BCUT2D eigenvalue weighted by Gasteiger charge is -2.13. The zero-order valence-electron chi connectivity index (χ0n) is 15.8. The van der Waals surface area contributed by atoms with Gasteiger partial charge in [-0.15, -0.1) is 22.7 Å². The van der Waals surface area contributed by atoms with E-state index >= 15 is 0 Å². The molecule has 0 aliphatic rings. The van der Waals surface area contributed by atoms with Crippen molar-refractivity contribution in [3.05, 3.63) is 52.2 Å². The molecule has 0 radical (unpaired) electrons. The summed E-state index contributed by atoms with van der Waals surface area (Å²) < 4.78 is 5.68. The number of thiazole rings is 1. The van der Waals surface area contributed by atoms with Gasteiger partial charge in [-0.3, -0.25) is 14.9 Å². The van der Waals surface area contributed by atoms with Crippen LogP contribution in [0.1, 0.15) is 24.3 Å². The Labute approximate surface area is 171 Å². The Balaban J connectivity index is 1.58. The maximum absolute atomic E-state index is 12.4. The number of nitrogens with one attached hydrogen (secondary N) is 2. The number of ether oxygens (including phenoxy) is 1. The van der Waals surface area contributed by atoms with Crippen LogP contribution in [0.5, 0.6) is 5.75 Å². The number of thiophene rings is 1. The third-order valence-corrected chi connectivity index (χ3v) is 5.73. The van der Waals surface area contributed by atoms with Crippen molar-refractivity contribution < 1.29 is 14.3 Å². The molecular formula is C20H21N3O3S2. The molecule has 2 amide bonds. The Morgan fingerprint density at radius 2 is 1.93 bits per heavy atom. The Kier molecular flexibility index (Phi) is 6.43. The van der Waals surface area contributed by atoms with Gasteiger partial charge in [0.2, 0.25) is 5.91 Å². The summed E-state index contributed by atoms with van der Waals surface area (Å²) in [6, 6.07) is 11.5. The minimum Gasteiger partial charge on any atom is -0.481 e. The number of benzene rings is 1. The minimum absolute atomic E-state index is 0.0596. The molecule has 0 saturated carbocycles. The monoisotopic (exact) mass is 415 g/mol. The highest BCUT2D eigenvalue weighted by atomic mass is 32.1. The molecule has 28 heavy (non-hydrogen) atoms. The molecule has 0 spiro atoms. The number of amides is 2. The normalized spacial score (nSPS) is 11.7. The molecule has 0 aliphatic heterocycles. The predicted octanol–water partition coefficient (Wildman–Crippen LogP) is 4.22. The molecule has 3 rings (SSSR count). The van der Waals surface area contributed by atoms with E-state index in [2.05, 4.69) is 15.6 Å². The second kappa shape index (κ2) is 8.99. The number of aromatic nitrogens is 1. The van der Waals surface area contributed by atoms with Crippen LogP contribution in [-0.4, -0.2) is 22.9 Å². The van der Waals surface area contributed by atoms with E-state index in [0.717, 1.165) is 21.0 Å². The highest BCUT2D eigenvalue weighted by molar-refractivity contribution is 7.17. The SMILES string of the molecule is CC(=O)NCc1ccc(-c2csc(NC(=O)C(C)Oc3ccc(C)cc3)n2)s1. The molecule has 8 heteroatoms. The van der Waals surface area contributed by atoms with Crippen LogP contribution in [0.2, 0.25) is 0 Å². The summed E-state index contributed by atoms with van der Waals surface area (Å²) in [6.45, 7) is 5.70. The van der Waals surface area contributed by atoms with Crippen LogP contribution in [-0.2, 0) is 16.1 Å². The second-order valence-electron chi connectivity index (χ2n) is 6.28. The van der Waals surface area contributed by atoms with Crippen LogP contribution in [0.25, 0.3) is 10.6 Å². The average molecular weight is 416 g/mol. The highest BCUT2D eigenvalue weighted by Gasteiger charge is 2.17. The number of carbonyl (C=O) groups is 2. The van der Waals surface area contributed by atoms with Crippen molar-refractivity contribution in [3.63, 3.8) is 0 Å². The molecule has 1 unspecified atom stereocenters. The standard InChI is InChI=1S/C20H21N3O3S2/c1-12-4-6-15(7-5-12)26-13(2)19(25)23-20-22-17(11-27-20)18-9-8-16(28-18)10-21-14(3)24/h4-9,11,13H,10H2,1-3H3,(H,21,24)(H,22,23,25). The van der Waals surface area contributed by atoms with Crippen molar-refractivity contribution in [2.45, 2.75) is 33.4 Å². The number of nitrogens with zero attached hydrogens (tertiary/aromatic N) is 1. The molecule has 146 valence electrons. The van der Waals surface area contributed by atoms with Crippen molar-refractivity contribution in [3.8, 4) is 16.3 Å². The fourth-order valence-electron chi connectivity index (χ4n) is 2.35. The first kappa shape index (κ1) is 20.0. The molecule has 3 aromatic rings. The van der Waals surface area contributed by atoms with Gasteiger partial charge < -0.3 is 10.1 Å². The Bertz CT molecular complexity index is 963. The van der Waals surface area contributed by atoms with Gasteiger partial charge in [0, 0.05) is 17.2 Å². The van der Waals surface area contributed by atoms with E-state index < -0.39 is 6.10 Å². The first-order chi connectivity index (χ1) is 13.4. The molecule has 0 bridgehead atoms. The average Bonchev–Trinajstić information content (AvgIpc) is 3.31. The summed E-state index contributed by atoms with van der Waals surface area (Å²) in [5.41, 5.74) is 1.93. The molecule has 2 aromatic heterocycles. The minimum atomic E-state index is -0.638. The van der Waals surface area contributed by atoms with E-state index in [-0.39, 0.29) is 11.8 Å². The Morgan fingerprint density at radius 3 is 2.64 bits per heavy atom. The van der Waals surface area contributed by atoms with Gasteiger partial charge in [0.25, 0.3) is 5.91 Å². The van der Waals surface area contributed by atoms with Crippen molar-refractivity contribution >= 4 is 39.6 Å². The molecule has 0 saturated heterocycles. The summed E-state index contributed by atoms with van der Waals surface area (Å²) in [4.78, 5) is 29.9. The zero-order chi connectivity index (χ0) is 20.1. The van der Waals surface area contributed by atoms with Gasteiger partial charge in [0.15, 0.2) is 11.2 Å². The quantitative estimate of drug-likeness (QED) is 0.605. The van der Waals surface area contributed by atoms with Crippen LogP contribution in [0.15, 0.2) is 41.8 Å². The lowest BCUT2D eigenvalue weighted by atomic mass is 10.2. The van der Waals surface area contributed by atoms with Crippen LogP contribution in [0.3, 0.4) is 0 Å². The molecule has 1 aromatic carbocycles. The van der Waals surface area contributed by atoms with Crippen molar-refractivity contribution in [2.24, 2.45) is 0 Å². The third kappa shape index (κ3) is 5.40. The van der Waals surface area contributed by atoms with Gasteiger partial charge >= 0.3 is 0 Å². The fourth-order valence-corrected chi connectivity index (χ4v) is 4.04. The van der Waals surface area contributed by atoms with Gasteiger partial charge in [-0.2, -0.15) is 0 Å². The van der Waals surface area contributed by atoms with Crippen molar-refractivity contribution in [1.82, 2.24) is 10.3 Å². The van der Waals surface area contributed by atoms with E-state index in [9.17, 15) is 9.59 Å². The number of hydrogen-bond acceptors (Lipinski definition) is 6. The van der Waals surface area contributed by atoms with Crippen LogP contribution in [0, 0.1) is 6.92 Å². The third-order valence-electron chi connectivity index (χ3n) is 3.86. The Morgan fingerprint density at radius 1 is 1.18 bits per heavy atom. The first-order valence-electron chi connectivity index (χ1n) is 8.74. The molecule has 6 nitrogen and oxygen atoms in total. The van der Waals surface area contributed by atoms with E-state index in [1.165, 1.54) is 18.3 Å². The molecule has 2 N–H and O–H groups in total. The largest absolute Gasteiger partial charge is 0.481 e. The van der Waals surface area contributed by atoms with E-state index in [1.807, 2.05) is 48.7 Å². The molecule has 0 fully saturated rings. The van der Waals surface area contributed by atoms with Crippen LogP contribution >= 0.6 is 22.7 Å².